The first kappa shape index (κ1) is 23.9. The van der Waals surface area contributed by atoms with Gasteiger partial charge in [-0.15, -0.1) is 0 Å². The monoisotopic (exact) mass is 456 g/mol. The highest BCUT2D eigenvalue weighted by atomic mass is 16.4. The summed E-state index contributed by atoms with van der Waals surface area (Å²) in [6, 6.07) is 0. The van der Waals surface area contributed by atoms with Crippen molar-refractivity contribution in [3.63, 3.8) is 0 Å². The van der Waals surface area contributed by atoms with Gasteiger partial charge in [0.15, 0.2) is 0 Å². The Kier molecular flexibility index (Phi) is 5.15. The molecule has 10 atom stereocenters. The molecule has 0 bridgehead atoms. The van der Waals surface area contributed by atoms with Crippen molar-refractivity contribution in [1.29, 1.82) is 0 Å². The number of carboxylic acids is 1. The molecule has 0 aromatic rings. The Balaban J connectivity index is 1.61. The van der Waals surface area contributed by atoms with Crippen LogP contribution in [-0.4, -0.2) is 22.3 Å². The van der Waals surface area contributed by atoms with Gasteiger partial charge >= 0.3 is 5.97 Å². The molecule has 0 spiro atoms. The minimum atomic E-state index is -0.557. The van der Waals surface area contributed by atoms with E-state index in [9.17, 15) is 15.0 Å². The van der Waals surface area contributed by atoms with Crippen molar-refractivity contribution in [3.8, 4) is 0 Å². The van der Waals surface area contributed by atoms with Gasteiger partial charge in [0.1, 0.15) is 0 Å². The van der Waals surface area contributed by atoms with Crippen molar-refractivity contribution in [2.75, 3.05) is 0 Å². The van der Waals surface area contributed by atoms with Gasteiger partial charge in [-0.2, -0.15) is 0 Å². The quantitative estimate of drug-likeness (QED) is 0.414. The summed E-state index contributed by atoms with van der Waals surface area (Å²) in [4.78, 5) is 12.8. The zero-order valence-corrected chi connectivity index (χ0v) is 22.2. The van der Waals surface area contributed by atoms with Crippen LogP contribution >= 0.6 is 0 Å². The maximum Gasteiger partial charge on any atom is 0.310 e. The molecule has 5 aliphatic rings. The fourth-order valence-electron chi connectivity index (χ4n) is 10.8. The Morgan fingerprint density at radius 1 is 0.909 bits per heavy atom. The van der Waals surface area contributed by atoms with Crippen LogP contribution in [0.15, 0.2) is 11.6 Å². The average molecular weight is 457 g/mol. The SMILES string of the molecule is C[C@@H]1[C@H](C)CC[C@@]2(C(=O)O)CC[C@]3(C)C(=CC[C@@H]4[C@@]5(C)CC[C@H](O)C(C)(C)[C@@H]5CC[C@]43C)[C@@H]12. The summed E-state index contributed by atoms with van der Waals surface area (Å²) in [5.74, 6) is 1.82. The van der Waals surface area contributed by atoms with Crippen molar-refractivity contribution < 1.29 is 15.0 Å². The maximum atomic E-state index is 12.8. The molecule has 2 N–H and O–H groups in total. The van der Waals surface area contributed by atoms with E-state index < -0.39 is 11.4 Å². The van der Waals surface area contributed by atoms with E-state index in [4.69, 9.17) is 0 Å². The highest BCUT2D eigenvalue weighted by Gasteiger charge is 2.69. The molecule has 0 radical (unpaired) electrons. The second-order valence-electron chi connectivity index (χ2n) is 14.5. The molecule has 0 saturated heterocycles. The fourth-order valence-corrected chi connectivity index (χ4v) is 10.8. The van der Waals surface area contributed by atoms with Crippen molar-refractivity contribution in [3.05, 3.63) is 11.6 Å². The first-order chi connectivity index (χ1) is 15.3. The van der Waals surface area contributed by atoms with E-state index >= 15 is 0 Å². The lowest BCUT2D eigenvalue weighted by Gasteiger charge is -2.71. The van der Waals surface area contributed by atoms with Crippen LogP contribution in [0.3, 0.4) is 0 Å². The molecule has 0 aliphatic heterocycles. The first-order valence-corrected chi connectivity index (χ1v) is 13.9. The molecule has 186 valence electrons. The number of carboxylic acid groups (broad SMARTS) is 1. The van der Waals surface area contributed by atoms with Crippen molar-refractivity contribution >= 4 is 5.97 Å². The summed E-state index contributed by atoms with van der Waals surface area (Å²) in [5.41, 5.74) is 1.46. The third-order valence-electron chi connectivity index (χ3n) is 13.4. The summed E-state index contributed by atoms with van der Waals surface area (Å²) in [6.45, 7) is 17.0. The summed E-state index contributed by atoms with van der Waals surface area (Å²) < 4.78 is 0. The molecule has 5 aliphatic carbocycles. The van der Waals surface area contributed by atoms with E-state index in [2.05, 4.69) is 54.5 Å². The number of rotatable bonds is 1. The molecule has 0 unspecified atom stereocenters. The normalized spacial score (nSPS) is 55.3. The molecule has 33 heavy (non-hydrogen) atoms. The Bertz CT molecular complexity index is 874. The van der Waals surface area contributed by atoms with Crippen LogP contribution in [0.5, 0.6) is 0 Å². The number of fused-ring (bicyclic) bond motifs is 7. The van der Waals surface area contributed by atoms with Gasteiger partial charge in [0, 0.05) is 0 Å². The van der Waals surface area contributed by atoms with Crippen LogP contribution in [0.2, 0.25) is 0 Å². The highest BCUT2D eigenvalue weighted by molar-refractivity contribution is 5.76. The zero-order valence-electron chi connectivity index (χ0n) is 22.2. The zero-order chi connectivity index (χ0) is 24.2. The minimum absolute atomic E-state index is 0.0302. The number of aliphatic hydroxyl groups excluding tert-OH is 1. The van der Waals surface area contributed by atoms with Gasteiger partial charge in [-0.05, 0) is 109 Å². The lowest BCUT2D eigenvalue weighted by molar-refractivity contribution is -0.206. The van der Waals surface area contributed by atoms with E-state index in [1.165, 1.54) is 18.4 Å². The molecule has 0 aromatic heterocycles. The topological polar surface area (TPSA) is 57.5 Å². The lowest BCUT2D eigenvalue weighted by Crippen LogP contribution is -2.65. The van der Waals surface area contributed by atoms with Gasteiger partial charge in [0.05, 0.1) is 11.5 Å². The molecule has 0 aromatic carbocycles. The van der Waals surface area contributed by atoms with Crippen LogP contribution in [0.25, 0.3) is 0 Å². The van der Waals surface area contributed by atoms with Gasteiger partial charge in [-0.3, -0.25) is 4.79 Å². The van der Waals surface area contributed by atoms with Crippen molar-refractivity contribution in [1.82, 2.24) is 0 Å². The summed E-state index contributed by atoms with van der Waals surface area (Å²) >= 11 is 0. The summed E-state index contributed by atoms with van der Waals surface area (Å²) in [7, 11) is 0. The largest absolute Gasteiger partial charge is 0.481 e. The average Bonchev–Trinajstić information content (AvgIpc) is 2.74. The number of allylic oxidation sites excluding steroid dienone is 2. The number of carbonyl (C=O) groups is 1. The second-order valence-corrected chi connectivity index (χ2v) is 14.5. The second kappa shape index (κ2) is 7.11. The molecule has 0 amide bonds. The Morgan fingerprint density at radius 3 is 2.27 bits per heavy atom. The van der Waals surface area contributed by atoms with Crippen LogP contribution in [-0.2, 0) is 4.79 Å². The Hall–Kier alpha value is -0.830. The standard InChI is InChI=1S/C30H48O3/c1-18-10-15-30(25(32)33)17-16-28(6)20(24(30)19(18)2)8-9-22-27(5)13-12-23(31)26(3,4)21(27)11-14-29(22,28)7/h8,18-19,21-24,31H,9-17H2,1-7H3,(H,32,33)/t18-,19-,21+,22-,23+,24-,27+,28-,29-,30-/m1/s1. The molecule has 4 fully saturated rings. The molecule has 3 heteroatoms. The first-order valence-electron chi connectivity index (χ1n) is 13.9. The van der Waals surface area contributed by atoms with Gasteiger partial charge in [0.2, 0.25) is 0 Å². The molecule has 4 saturated carbocycles. The minimum Gasteiger partial charge on any atom is -0.481 e. The maximum absolute atomic E-state index is 12.8. The number of aliphatic carboxylic acids is 1. The third-order valence-corrected chi connectivity index (χ3v) is 13.4. The van der Waals surface area contributed by atoms with E-state index in [0.29, 0.717) is 23.7 Å². The van der Waals surface area contributed by atoms with Gasteiger partial charge in [-0.1, -0.05) is 60.1 Å². The Labute approximate surface area is 201 Å². The van der Waals surface area contributed by atoms with E-state index in [0.717, 1.165) is 44.9 Å². The smallest absolute Gasteiger partial charge is 0.310 e. The predicted octanol–water partition coefficient (Wildman–Crippen LogP) is 7.09. The number of hydrogen-bond donors (Lipinski definition) is 2. The number of hydrogen-bond acceptors (Lipinski definition) is 2. The van der Waals surface area contributed by atoms with Crippen LogP contribution < -0.4 is 0 Å². The summed E-state index contributed by atoms with van der Waals surface area (Å²) in [5, 5.41) is 21.4. The van der Waals surface area contributed by atoms with Crippen LogP contribution in [0, 0.1) is 56.7 Å². The van der Waals surface area contributed by atoms with E-state index in [1.54, 1.807) is 0 Å². The van der Waals surface area contributed by atoms with Crippen molar-refractivity contribution in [2.45, 2.75) is 112 Å². The van der Waals surface area contributed by atoms with Gasteiger partial charge in [-0.25, -0.2) is 0 Å². The Morgan fingerprint density at radius 2 is 1.61 bits per heavy atom. The molecule has 3 nitrogen and oxygen atoms in total. The summed E-state index contributed by atoms with van der Waals surface area (Å²) in [6.07, 6.45) is 11.6. The van der Waals surface area contributed by atoms with Crippen molar-refractivity contribution in [2.24, 2.45) is 56.7 Å². The van der Waals surface area contributed by atoms with E-state index in [1.807, 2.05) is 0 Å². The molecule has 5 rings (SSSR count). The highest BCUT2D eigenvalue weighted by Crippen LogP contribution is 2.75. The van der Waals surface area contributed by atoms with Gasteiger partial charge in [0.25, 0.3) is 0 Å². The third kappa shape index (κ3) is 2.75. The number of aliphatic hydroxyl groups is 1. The van der Waals surface area contributed by atoms with Crippen LogP contribution in [0.1, 0.15) is 106 Å². The van der Waals surface area contributed by atoms with Gasteiger partial charge < -0.3 is 10.2 Å². The van der Waals surface area contributed by atoms with Crippen LogP contribution in [0.4, 0.5) is 0 Å². The fraction of sp³-hybridized carbons (Fsp3) is 0.900. The lowest BCUT2D eigenvalue weighted by atomic mass is 9.33. The predicted molar refractivity (Wildman–Crippen MR) is 133 cm³/mol. The molecule has 0 heterocycles. The van der Waals surface area contributed by atoms with E-state index in [-0.39, 0.29) is 33.7 Å². The molecular formula is C30H48O3. The molecular weight excluding hydrogens is 408 g/mol.